The van der Waals surface area contributed by atoms with E-state index in [2.05, 4.69) is 38.9 Å². The van der Waals surface area contributed by atoms with Crippen molar-refractivity contribution in [2.24, 2.45) is 4.99 Å². The van der Waals surface area contributed by atoms with Gasteiger partial charge in [0.2, 0.25) is 0 Å². The number of carbonyl (C=O) groups excluding carboxylic acids is 2. The Morgan fingerprint density at radius 1 is 1.03 bits per heavy atom. The van der Waals surface area contributed by atoms with Crippen molar-refractivity contribution in [2.75, 3.05) is 30.7 Å². The van der Waals surface area contributed by atoms with Crippen molar-refractivity contribution in [3.05, 3.63) is 47.3 Å². The smallest absolute Gasteiger partial charge is 0.316 e. The molecule has 1 heterocycles. The lowest BCUT2D eigenvalue weighted by molar-refractivity contribution is -0.0174. The zero-order valence-electron chi connectivity index (χ0n) is 17.8. The van der Waals surface area contributed by atoms with Gasteiger partial charge in [-0.25, -0.2) is 35.6 Å². The number of para-hydroxylation sites is 1. The number of thiazole rings is 1. The Balaban J connectivity index is 2.00. The van der Waals surface area contributed by atoms with Gasteiger partial charge in [0, 0.05) is 26.4 Å². The van der Waals surface area contributed by atoms with Crippen molar-refractivity contribution in [3.63, 3.8) is 0 Å². The summed E-state index contributed by atoms with van der Waals surface area (Å²) in [5.41, 5.74) is 12.4. The molecule has 3 aromatic rings. The highest BCUT2D eigenvalue weighted by atomic mass is 32.1. The molecule has 0 aliphatic heterocycles. The van der Waals surface area contributed by atoms with Crippen LogP contribution in [-0.2, 0) is 6.54 Å². The van der Waals surface area contributed by atoms with Gasteiger partial charge in [0.25, 0.3) is 0 Å². The molecule has 0 radical (unpaired) electrons. The fourth-order valence-corrected chi connectivity index (χ4v) is 4.04. The molecule has 3 rings (SSSR count). The summed E-state index contributed by atoms with van der Waals surface area (Å²) in [6.45, 7) is 0.660. The molecular formula is C19H24N8O4S2. The number of hydroxylamine groups is 4. The van der Waals surface area contributed by atoms with Crippen LogP contribution in [0.25, 0.3) is 10.2 Å². The maximum Gasteiger partial charge on any atom is 0.359 e. The van der Waals surface area contributed by atoms with E-state index in [1.54, 1.807) is 18.2 Å². The largest absolute Gasteiger partial charge is 0.359 e. The average molecular weight is 493 g/mol. The molecule has 0 saturated carbocycles. The van der Waals surface area contributed by atoms with Crippen LogP contribution in [0.3, 0.4) is 0 Å². The van der Waals surface area contributed by atoms with Crippen molar-refractivity contribution in [3.8, 4) is 0 Å². The standard InChI is InChI=1S/C19H24N8O4S2/c1-25(30)17(28)23-21-13-9-12(10-14(11-13)22-24-18(29)26(2)31)20-19-27(7-8-32)15-5-3-4-6-16(15)33-19/h3-6,9-11,21-22,30-32H,7-8H2,1-2H3,(H,23,28)(H,24,29). The van der Waals surface area contributed by atoms with Crippen LogP contribution in [0.15, 0.2) is 47.5 Å². The highest BCUT2D eigenvalue weighted by Crippen LogP contribution is 2.25. The second-order valence-electron chi connectivity index (χ2n) is 6.77. The first-order chi connectivity index (χ1) is 15.8. The molecule has 0 aliphatic carbocycles. The molecule has 2 aromatic carbocycles. The minimum absolute atomic E-state index is 0.384. The molecule has 0 atom stereocenters. The van der Waals surface area contributed by atoms with E-state index >= 15 is 0 Å². The van der Waals surface area contributed by atoms with E-state index in [0.717, 1.165) is 15.0 Å². The fourth-order valence-electron chi connectivity index (χ4n) is 2.77. The lowest BCUT2D eigenvalue weighted by Gasteiger charge is -2.15. The molecule has 4 amide bonds. The van der Waals surface area contributed by atoms with Crippen molar-refractivity contribution in [1.29, 1.82) is 0 Å². The number of aromatic nitrogens is 1. The van der Waals surface area contributed by atoms with Crippen molar-refractivity contribution in [2.45, 2.75) is 6.54 Å². The summed E-state index contributed by atoms with van der Waals surface area (Å²) in [4.78, 5) is 28.8. The second-order valence-corrected chi connectivity index (χ2v) is 8.22. The van der Waals surface area contributed by atoms with Crippen LogP contribution in [0.5, 0.6) is 0 Å². The summed E-state index contributed by atoms with van der Waals surface area (Å²) >= 11 is 5.88. The van der Waals surface area contributed by atoms with Crippen molar-refractivity contribution >= 4 is 63.3 Å². The third-order valence-electron chi connectivity index (χ3n) is 4.27. The molecule has 0 fully saturated rings. The van der Waals surface area contributed by atoms with E-state index in [1.165, 1.54) is 25.4 Å². The molecule has 12 nitrogen and oxygen atoms in total. The zero-order chi connectivity index (χ0) is 24.0. The molecule has 1 aromatic heterocycles. The third kappa shape index (κ3) is 6.29. The Kier molecular flexibility index (Phi) is 8.00. The third-order valence-corrected chi connectivity index (χ3v) is 5.53. The summed E-state index contributed by atoms with van der Waals surface area (Å²) in [6.07, 6.45) is 0. The number of nitrogens with one attached hydrogen (secondary N) is 4. The van der Waals surface area contributed by atoms with Gasteiger partial charge in [-0.3, -0.25) is 21.3 Å². The maximum absolute atomic E-state index is 11.6. The summed E-state index contributed by atoms with van der Waals surface area (Å²) in [7, 11) is 2.36. The monoisotopic (exact) mass is 492 g/mol. The second kappa shape index (κ2) is 10.9. The molecule has 0 saturated heterocycles. The number of rotatable bonds is 7. The number of carbonyl (C=O) groups is 2. The van der Waals surface area contributed by atoms with Gasteiger partial charge in [0.15, 0.2) is 4.80 Å². The van der Waals surface area contributed by atoms with Gasteiger partial charge in [-0.1, -0.05) is 23.5 Å². The van der Waals surface area contributed by atoms with E-state index in [1.807, 2.05) is 24.3 Å². The van der Waals surface area contributed by atoms with E-state index in [-0.39, 0.29) is 0 Å². The molecule has 0 spiro atoms. The molecule has 0 unspecified atom stereocenters. The van der Waals surface area contributed by atoms with Gasteiger partial charge in [0.05, 0.1) is 27.3 Å². The number of nitrogens with zero attached hydrogens (tertiary/aromatic N) is 4. The molecule has 176 valence electrons. The first-order valence-electron chi connectivity index (χ1n) is 9.64. The summed E-state index contributed by atoms with van der Waals surface area (Å²) in [6, 6.07) is 11.3. The van der Waals surface area contributed by atoms with E-state index in [0.29, 0.717) is 39.5 Å². The number of fused-ring (bicyclic) bond motifs is 1. The number of amides is 4. The molecule has 33 heavy (non-hydrogen) atoms. The van der Waals surface area contributed by atoms with Crippen LogP contribution in [0.2, 0.25) is 0 Å². The van der Waals surface area contributed by atoms with E-state index in [4.69, 9.17) is 4.99 Å². The van der Waals surface area contributed by atoms with Crippen LogP contribution in [-0.4, -0.2) is 57.0 Å². The number of urea groups is 2. The van der Waals surface area contributed by atoms with Gasteiger partial charge < -0.3 is 4.57 Å². The summed E-state index contributed by atoms with van der Waals surface area (Å²) in [5, 5.41) is 19.2. The van der Waals surface area contributed by atoms with Crippen LogP contribution in [0, 0.1) is 0 Å². The fraction of sp³-hybridized carbons (Fsp3) is 0.211. The molecule has 6 N–H and O–H groups in total. The number of anilines is 2. The van der Waals surface area contributed by atoms with Gasteiger partial charge in [-0.15, -0.1) is 0 Å². The van der Waals surface area contributed by atoms with Gasteiger partial charge in [-0.05, 0) is 30.3 Å². The molecule has 0 aliphatic rings. The Morgan fingerprint density at radius 2 is 1.61 bits per heavy atom. The van der Waals surface area contributed by atoms with Crippen molar-refractivity contribution in [1.82, 2.24) is 25.5 Å². The Hall–Kier alpha value is -3.46. The van der Waals surface area contributed by atoms with Gasteiger partial charge >= 0.3 is 12.1 Å². The Bertz CT molecular complexity index is 1170. The predicted octanol–water partition coefficient (Wildman–Crippen LogP) is 2.58. The first kappa shape index (κ1) is 24.2. The summed E-state index contributed by atoms with van der Waals surface area (Å²) < 4.78 is 3.13. The van der Waals surface area contributed by atoms with Crippen LogP contribution >= 0.6 is 24.0 Å². The molecule has 0 bridgehead atoms. The topological polar surface area (TPSA) is 146 Å². The number of aryl methyl sites for hydroxylation is 1. The lowest BCUT2D eigenvalue weighted by Crippen LogP contribution is -2.39. The Morgan fingerprint density at radius 3 is 2.15 bits per heavy atom. The van der Waals surface area contributed by atoms with Gasteiger partial charge in [-0.2, -0.15) is 12.6 Å². The van der Waals surface area contributed by atoms with Crippen LogP contribution in [0.4, 0.5) is 26.7 Å². The van der Waals surface area contributed by atoms with Gasteiger partial charge in [0.1, 0.15) is 0 Å². The highest BCUT2D eigenvalue weighted by Gasteiger charge is 2.09. The average Bonchev–Trinajstić information content (AvgIpc) is 3.12. The lowest BCUT2D eigenvalue weighted by atomic mass is 10.2. The number of benzene rings is 2. The first-order valence-corrected chi connectivity index (χ1v) is 11.1. The predicted molar refractivity (Wildman–Crippen MR) is 129 cm³/mol. The minimum Gasteiger partial charge on any atom is -0.316 e. The number of hydrazine groups is 2. The normalized spacial score (nSPS) is 11.2. The quantitative estimate of drug-likeness (QED) is 0.153. The minimum atomic E-state index is -0.779. The number of hydrogen-bond donors (Lipinski definition) is 7. The SMILES string of the molecule is CN(O)C(=O)NNc1cc(N=c2sc3ccccc3n2CCS)cc(NNC(=O)N(C)O)c1. The molecule has 14 heteroatoms. The zero-order valence-corrected chi connectivity index (χ0v) is 19.5. The highest BCUT2D eigenvalue weighted by molar-refractivity contribution is 7.80. The van der Waals surface area contributed by atoms with E-state index in [9.17, 15) is 20.0 Å². The maximum atomic E-state index is 11.6. The molecular weight excluding hydrogens is 468 g/mol. The Labute approximate surface area is 198 Å². The van der Waals surface area contributed by atoms with Crippen molar-refractivity contribution < 1.29 is 20.0 Å². The summed E-state index contributed by atoms with van der Waals surface area (Å²) in [5.74, 6) is 0.629. The van der Waals surface area contributed by atoms with Crippen LogP contribution in [0.1, 0.15) is 0 Å². The van der Waals surface area contributed by atoms with E-state index < -0.39 is 12.1 Å². The van der Waals surface area contributed by atoms with Crippen LogP contribution < -0.4 is 26.5 Å². The number of hydrogen-bond acceptors (Lipinski definition) is 9. The number of thiol groups is 1.